The van der Waals surface area contributed by atoms with E-state index in [1.54, 1.807) is 18.5 Å². The molecule has 0 saturated carbocycles. The Morgan fingerprint density at radius 2 is 1.89 bits per heavy atom. The van der Waals surface area contributed by atoms with Crippen molar-refractivity contribution < 1.29 is 9.84 Å². The summed E-state index contributed by atoms with van der Waals surface area (Å²) < 4.78 is 6.30. The number of phenols is 1. The molecule has 0 unspecified atom stereocenters. The molecule has 0 saturated heterocycles. The number of pyridine rings is 1. The van der Waals surface area contributed by atoms with Crippen molar-refractivity contribution >= 4 is 5.71 Å². The summed E-state index contributed by atoms with van der Waals surface area (Å²) in [6, 6.07) is 17.7. The molecule has 5 nitrogen and oxygen atoms in total. The molecule has 1 aromatic heterocycles. The van der Waals surface area contributed by atoms with Crippen LogP contribution in [0.15, 0.2) is 72.1 Å². The molecular formula is C22H19N3O2. The fourth-order valence-electron chi connectivity index (χ4n) is 3.83. The third-order valence-corrected chi connectivity index (χ3v) is 5.15. The minimum Gasteiger partial charge on any atom is -0.507 e. The molecule has 0 spiro atoms. The van der Waals surface area contributed by atoms with Crippen LogP contribution in [0.5, 0.6) is 11.5 Å². The van der Waals surface area contributed by atoms with Gasteiger partial charge < -0.3 is 9.84 Å². The molecule has 27 heavy (non-hydrogen) atoms. The van der Waals surface area contributed by atoms with Crippen LogP contribution in [0.2, 0.25) is 0 Å². The Balaban J connectivity index is 1.62. The van der Waals surface area contributed by atoms with E-state index < -0.39 is 0 Å². The highest BCUT2D eigenvalue weighted by atomic mass is 16.5. The van der Waals surface area contributed by atoms with Crippen molar-refractivity contribution in [2.75, 3.05) is 0 Å². The molecule has 0 bridgehead atoms. The van der Waals surface area contributed by atoms with Gasteiger partial charge in [0.1, 0.15) is 11.5 Å². The van der Waals surface area contributed by atoms with Crippen LogP contribution < -0.4 is 4.74 Å². The Hall–Kier alpha value is -3.34. The largest absolute Gasteiger partial charge is 0.507 e. The number of rotatable bonds is 2. The highest BCUT2D eigenvalue weighted by molar-refractivity contribution is 6.04. The first-order valence-corrected chi connectivity index (χ1v) is 9.02. The van der Waals surface area contributed by atoms with Gasteiger partial charge in [-0.1, -0.05) is 29.8 Å². The average Bonchev–Trinajstić information content (AvgIpc) is 3.15. The number of aromatic nitrogens is 1. The van der Waals surface area contributed by atoms with Crippen LogP contribution in [0.25, 0.3) is 0 Å². The zero-order valence-electron chi connectivity index (χ0n) is 14.9. The Morgan fingerprint density at radius 3 is 2.74 bits per heavy atom. The van der Waals surface area contributed by atoms with E-state index in [1.165, 1.54) is 0 Å². The summed E-state index contributed by atoms with van der Waals surface area (Å²) in [4.78, 5) is 4.11. The SMILES string of the molecule is Cc1ccc(O)c(C2=NN3[C@@H](C2)c2ccccc2O[C@H]3c2ccncc2)c1. The van der Waals surface area contributed by atoms with Crippen molar-refractivity contribution in [3.05, 3.63) is 89.2 Å². The number of hydrogen-bond donors (Lipinski definition) is 1. The summed E-state index contributed by atoms with van der Waals surface area (Å²) in [5.74, 6) is 1.14. The molecule has 3 heterocycles. The number of para-hydroxylation sites is 1. The smallest absolute Gasteiger partial charge is 0.213 e. The molecule has 2 atom stereocenters. The van der Waals surface area contributed by atoms with Gasteiger partial charge in [-0.2, -0.15) is 5.10 Å². The van der Waals surface area contributed by atoms with Crippen LogP contribution in [-0.2, 0) is 0 Å². The van der Waals surface area contributed by atoms with Gasteiger partial charge in [0.25, 0.3) is 0 Å². The Bertz CT molecular complexity index is 1030. The minimum atomic E-state index is -0.322. The fraction of sp³-hybridized carbons (Fsp3) is 0.182. The van der Waals surface area contributed by atoms with E-state index in [9.17, 15) is 5.11 Å². The molecule has 3 aromatic rings. The predicted octanol–water partition coefficient (Wildman–Crippen LogP) is 4.34. The van der Waals surface area contributed by atoms with Crippen LogP contribution in [0.3, 0.4) is 0 Å². The summed E-state index contributed by atoms with van der Waals surface area (Å²) >= 11 is 0. The van der Waals surface area contributed by atoms with E-state index in [1.807, 2.05) is 54.4 Å². The van der Waals surface area contributed by atoms with Crippen molar-refractivity contribution in [2.45, 2.75) is 25.6 Å². The first-order chi connectivity index (χ1) is 13.2. The monoisotopic (exact) mass is 357 g/mol. The van der Waals surface area contributed by atoms with Gasteiger partial charge in [0.2, 0.25) is 6.23 Å². The molecule has 0 amide bonds. The van der Waals surface area contributed by atoms with Crippen LogP contribution in [0, 0.1) is 6.92 Å². The molecule has 5 heteroatoms. The third-order valence-electron chi connectivity index (χ3n) is 5.15. The molecule has 2 aliphatic rings. The topological polar surface area (TPSA) is 58.0 Å². The Morgan fingerprint density at radius 1 is 1.07 bits per heavy atom. The van der Waals surface area contributed by atoms with Gasteiger partial charge in [-0.3, -0.25) is 4.98 Å². The maximum atomic E-state index is 10.4. The lowest BCUT2D eigenvalue weighted by atomic mass is 9.95. The summed E-state index contributed by atoms with van der Waals surface area (Å²) in [5.41, 5.74) is 4.88. The molecule has 0 radical (unpaired) electrons. The van der Waals surface area contributed by atoms with Gasteiger partial charge >= 0.3 is 0 Å². The fourth-order valence-corrected chi connectivity index (χ4v) is 3.83. The lowest BCUT2D eigenvalue weighted by Gasteiger charge is -2.38. The molecule has 0 aliphatic carbocycles. The van der Waals surface area contributed by atoms with Crippen LogP contribution in [0.4, 0.5) is 0 Å². The van der Waals surface area contributed by atoms with Gasteiger partial charge in [-0.15, -0.1) is 0 Å². The summed E-state index contributed by atoms with van der Waals surface area (Å²) in [6.07, 6.45) is 3.93. The highest BCUT2D eigenvalue weighted by Gasteiger charge is 2.41. The van der Waals surface area contributed by atoms with E-state index in [2.05, 4.69) is 11.1 Å². The lowest BCUT2D eigenvalue weighted by Crippen LogP contribution is -2.33. The average molecular weight is 357 g/mol. The number of phenolic OH excluding ortho intramolecular Hbond substituents is 1. The number of ether oxygens (including phenoxy) is 1. The first-order valence-electron chi connectivity index (χ1n) is 9.02. The highest BCUT2D eigenvalue weighted by Crippen LogP contribution is 2.47. The number of hydrogen-bond acceptors (Lipinski definition) is 5. The molecular weight excluding hydrogens is 338 g/mol. The standard InChI is InChI=1S/C22H19N3O2/c1-14-6-7-20(26)17(12-14)18-13-19-16-4-2-3-5-21(16)27-22(25(19)24-18)15-8-10-23-11-9-15/h2-12,19,22,26H,13H2,1H3/t19-,22-/m0/s1. The van der Waals surface area contributed by atoms with Crippen molar-refractivity contribution in [1.29, 1.82) is 0 Å². The number of aryl methyl sites for hydroxylation is 1. The predicted molar refractivity (Wildman–Crippen MR) is 103 cm³/mol. The second kappa shape index (κ2) is 6.13. The van der Waals surface area contributed by atoms with Gasteiger partial charge in [0.15, 0.2) is 0 Å². The number of hydrazone groups is 1. The van der Waals surface area contributed by atoms with Crippen LogP contribution in [-0.4, -0.2) is 20.8 Å². The summed E-state index contributed by atoms with van der Waals surface area (Å²) in [6.45, 7) is 2.02. The van der Waals surface area contributed by atoms with Gasteiger partial charge in [-0.25, -0.2) is 5.01 Å². The Kier molecular flexibility index (Phi) is 3.60. The number of aromatic hydroxyl groups is 1. The number of fused-ring (bicyclic) bond motifs is 3. The van der Waals surface area contributed by atoms with Gasteiger partial charge in [0.05, 0.1) is 11.8 Å². The first kappa shape index (κ1) is 15.9. The summed E-state index contributed by atoms with van der Waals surface area (Å²) in [7, 11) is 0. The van der Waals surface area contributed by atoms with Gasteiger partial charge in [0, 0.05) is 35.5 Å². The summed E-state index contributed by atoms with van der Waals surface area (Å²) in [5, 5.41) is 17.3. The maximum absolute atomic E-state index is 10.4. The molecule has 5 rings (SSSR count). The van der Waals surface area contributed by atoms with E-state index in [0.29, 0.717) is 0 Å². The van der Waals surface area contributed by atoms with Gasteiger partial charge in [-0.05, 0) is 37.3 Å². The van der Waals surface area contributed by atoms with Crippen LogP contribution >= 0.6 is 0 Å². The second-order valence-corrected chi connectivity index (χ2v) is 6.96. The van der Waals surface area contributed by atoms with Crippen molar-refractivity contribution in [3.8, 4) is 11.5 Å². The van der Waals surface area contributed by atoms with E-state index >= 15 is 0 Å². The van der Waals surface area contributed by atoms with Crippen LogP contribution in [0.1, 0.15) is 40.9 Å². The lowest BCUT2D eigenvalue weighted by molar-refractivity contribution is -0.0190. The molecule has 134 valence electrons. The van der Waals surface area contributed by atoms with Crippen molar-refractivity contribution in [2.24, 2.45) is 5.10 Å². The molecule has 0 fully saturated rings. The quantitative estimate of drug-likeness (QED) is 0.741. The van der Waals surface area contributed by atoms with E-state index in [-0.39, 0.29) is 18.0 Å². The number of nitrogens with zero attached hydrogens (tertiary/aromatic N) is 3. The van der Waals surface area contributed by atoms with E-state index in [0.717, 1.165) is 40.1 Å². The minimum absolute atomic E-state index is 0.0722. The second-order valence-electron chi connectivity index (χ2n) is 6.96. The molecule has 1 N–H and O–H groups in total. The normalized spacial score (nSPS) is 20.5. The van der Waals surface area contributed by atoms with Crippen molar-refractivity contribution in [1.82, 2.24) is 9.99 Å². The Labute approximate surface area is 157 Å². The maximum Gasteiger partial charge on any atom is 0.213 e. The zero-order valence-corrected chi connectivity index (χ0v) is 14.9. The molecule has 2 aliphatic heterocycles. The van der Waals surface area contributed by atoms with Crippen molar-refractivity contribution in [3.63, 3.8) is 0 Å². The number of benzene rings is 2. The molecule has 2 aromatic carbocycles. The zero-order chi connectivity index (χ0) is 18.4. The third kappa shape index (κ3) is 2.63. The van der Waals surface area contributed by atoms with E-state index in [4.69, 9.17) is 9.84 Å².